The Morgan fingerprint density at radius 2 is 1.83 bits per heavy atom. The van der Waals surface area contributed by atoms with Gasteiger partial charge in [0.05, 0.1) is 29.1 Å². The third kappa shape index (κ3) is 5.52. The maximum Gasteiger partial charge on any atom is 0.339 e. The molecule has 1 amide bonds. The highest BCUT2D eigenvalue weighted by molar-refractivity contribution is 7.92. The molecule has 0 fully saturated rings. The van der Waals surface area contributed by atoms with E-state index >= 15 is 0 Å². The first-order chi connectivity index (χ1) is 14.0. The fourth-order valence-corrected chi connectivity index (χ4v) is 4.37. The molecule has 30 heavy (non-hydrogen) atoms. The topological polar surface area (TPSA) is 92.8 Å². The van der Waals surface area contributed by atoms with Crippen LogP contribution < -0.4 is 9.62 Å². The number of amides is 1. The van der Waals surface area contributed by atoms with Crippen LogP contribution in [0.5, 0.6) is 0 Å². The van der Waals surface area contributed by atoms with Crippen LogP contribution in [-0.4, -0.2) is 39.2 Å². The van der Waals surface area contributed by atoms with Crippen molar-refractivity contribution in [3.63, 3.8) is 0 Å². The van der Waals surface area contributed by atoms with Crippen LogP contribution in [0.1, 0.15) is 35.3 Å². The van der Waals surface area contributed by atoms with Crippen molar-refractivity contribution in [1.82, 2.24) is 0 Å². The van der Waals surface area contributed by atoms with Crippen molar-refractivity contribution < 1.29 is 22.7 Å². The molecule has 162 valence electrons. The molecule has 2 aromatic carbocycles. The van der Waals surface area contributed by atoms with Gasteiger partial charge < -0.3 is 10.1 Å². The van der Waals surface area contributed by atoms with E-state index in [1.165, 1.54) is 25.1 Å². The Bertz CT molecular complexity index is 1070. The van der Waals surface area contributed by atoms with E-state index in [1.807, 2.05) is 13.0 Å². The molecule has 1 N–H and O–H groups in total. The first-order valence-electron chi connectivity index (χ1n) is 9.30. The molecule has 9 heteroatoms. The summed E-state index contributed by atoms with van der Waals surface area (Å²) >= 11 is 6.05. The second kappa shape index (κ2) is 9.49. The number of carbonyl (C=O) groups is 2. The number of halogens is 1. The number of nitrogens with one attached hydrogen (secondary N) is 1. The van der Waals surface area contributed by atoms with E-state index in [0.717, 1.165) is 21.7 Å². The van der Waals surface area contributed by atoms with Gasteiger partial charge in [-0.2, -0.15) is 0 Å². The standard InChI is InChI=1S/C21H25ClN2O5S/c1-6-29-21(26)17-12-16(9-10-18(17)22)23-20(25)15(4)24(30(5,27)28)19-11-13(2)7-8-14(19)3/h7-12,15H,6H2,1-5H3,(H,23,25)/t15-/m0/s1. The van der Waals surface area contributed by atoms with Gasteiger partial charge in [-0.25, -0.2) is 13.2 Å². The van der Waals surface area contributed by atoms with E-state index in [2.05, 4.69) is 5.32 Å². The van der Waals surface area contributed by atoms with Crippen molar-refractivity contribution in [2.24, 2.45) is 0 Å². The Hall–Kier alpha value is -2.58. The van der Waals surface area contributed by atoms with Gasteiger partial charge in [0.25, 0.3) is 0 Å². The zero-order valence-electron chi connectivity index (χ0n) is 17.5. The minimum Gasteiger partial charge on any atom is -0.462 e. The number of hydrogen-bond donors (Lipinski definition) is 1. The summed E-state index contributed by atoms with van der Waals surface area (Å²) in [5.74, 6) is -1.17. The second-order valence-electron chi connectivity index (χ2n) is 6.93. The van der Waals surface area contributed by atoms with Crippen LogP contribution in [0.25, 0.3) is 0 Å². The summed E-state index contributed by atoms with van der Waals surface area (Å²) in [5.41, 5.74) is 2.44. The fourth-order valence-electron chi connectivity index (χ4n) is 2.95. The second-order valence-corrected chi connectivity index (χ2v) is 9.20. The predicted molar refractivity (Wildman–Crippen MR) is 119 cm³/mol. The lowest BCUT2D eigenvalue weighted by atomic mass is 10.1. The molecule has 7 nitrogen and oxygen atoms in total. The van der Waals surface area contributed by atoms with Crippen LogP contribution in [0, 0.1) is 13.8 Å². The van der Waals surface area contributed by atoms with Crippen molar-refractivity contribution in [2.75, 3.05) is 22.5 Å². The van der Waals surface area contributed by atoms with Gasteiger partial charge in [0.15, 0.2) is 0 Å². The normalized spacial score (nSPS) is 12.2. The van der Waals surface area contributed by atoms with Gasteiger partial charge in [0.1, 0.15) is 6.04 Å². The lowest BCUT2D eigenvalue weighted by Crippen LogP contribution is -2.45. The van der Waals surface area contributed by atoms with Crippen LogP contribution >= 0.6 is 11.6 Å². The molecule has 0 aliphatic carbocycles. The summed E-state index contributed by atoms with van der Waals surface area (Å²) < 4.78 is 31.1. The fraction of sp³-hybridized carbons (Fsp3) is 0.333. The van der Waals surface area contributed by atoms with E-state index in [4.69, 9.17) is 16.3 Å². The SMILES string of the molecule is CCOC(=O)c1cc(NC(=O)[C@H](C)N(c2cc(C)ccc2C)S(C)(=O)=O)ccc1Cl. The summed E-state index contributed by atoms with van der Waals surface area (Å²) in [6.07, 6.45) is 1.06. The van der Waals surface area contributed by atoms with Gasteiger partial charge in [0.2, 0.25) is 15.9 Å². The molecule has 0 aromatic heterocycles. The molecule has 0 saturated heterocycles. The van der Waals surface area contributed by atoms with Gasteiger partial charge in [0, 0.05) is 5.69 Å². The molecule has 0 aliphatic heterocycles. The van der Waals surface area contributed by atoms with Crippen LogP contribution in [0.3, 0.4) is 0 Å². The number of rotatable bonds is 7. The first kappa shape index (κ1) is 23.7. The molecule has 0 aliphatic rings. The quantitative estimate of drug-likeness (QED) is 0.642. The molecule has 1 atom stereocenters. The number of aryl methyl sites for hydroxylation is 2. The lowest BCUT2D eigenvalue weighted by Gasteiger charge is -2.29. The third-order valence-corrected chi connectivity index (χ3v) is 5.98. The van der Waals surface area contributed by atoms with E-state index in [-0.39, 0.29) is 17.2 Å². The Labute approximate surface area is 182 Å². The van der Waals surface area contributed by atoms with Crippen LogP contribution in [0.2, 0.25) is 5.02 Å². The number of benzene rings is 2. The van der Waals surface area contributed by atoms with E-state index in [1.54, 1.807) is 26.0 Å². The highest BCUT2D eigenvalue weighted by Gasteiger charge is 2.30. The van der Waals surface area contributed by atoms with Crippen molar-refractivity contribution >= 4 is 44.9 Å². The maximum absolute atomic E-state index is 12.9. The first-order valence-corrected chi connectivity index (χ1v) is 11.5. The molecular weight excluding hydrogens is 428 g/mol. The zero-order chi connectivity index (χ0) is 22.6. The molecule has 0 radical (unpaired) electrons. The van der Waals surface area contributed by atoms with Gasteiger partial charge in [-0.1, -0.05) is 23.7 Å². The number of hydrogen-bond acceptors (Lipinski definition) is 5. The number of anilines is 2. The molecule has 0 saturated carbocycles. The van der Waals surface area contributed by atoms with E-state index < -0.39 is 27.9 Å². The smallest absolute Gasteiger partial charge is 0.339 e. The van der Waals surface area contributed by atoms with Crippen LogP contribution in [0.4, 0.5) is 11.4 Å². The van der Waals surface area contributed by atoms with Crippen molar-refractivity contribution in [3.8, 4) is 0 Å². The molecule has 0 bridgehead atoms. The minimum absolute atomic E-state index is 0.110. The lowest BCUT2D eigenvalue weighted by molar-refractivity contribution is -0.116. The van der Waals surface area contributed by atoms with Gasteiger partial charge in [-0.15, -0.1) is 0 Å². The van der Waals surface area contributed by atoms with Gasteiger partial charge in [-0.05, 0) is 63.1 Å². The van der Waals surface area contributed by atoms with E-state index in [9.17, 15) is 18.0 Å². The zero-order valence-corrected chi connectivity index (χ0v) is 19.1. The summed E-state index contributed by atoms with van der Waals surface area (Å²) in [6, 6.07) is 8.75. The van der Waals surface area contributed by atoms with Crippen molar-refractivity contribution in [1.29, 1.82) is 0 Å². The van der Waals surface area contributed by atoms with Gasteiger partial charge in [-0.3, -0.25) is 9.10 Å². The summed E-state index contributed by atoms with van der Waals surface area (Å²) in [5, 5.41) is 2.84. The Kier molecular flexibility index (Phi) is 7.49. The average molecular weight is 453 g/mol. The van der Waals surface area contributed by atoms with Crippen molar-refractivity contribution in [3.05, 3.63) is 58.1 Å². The predicted octanol–water partition coefficient (Wildman–Crippen LogP) is 3.93. The molecule has 0 unspecified atom stereocenters. The molecule has 0 spiro atoms. The summed E-state index contributed by atoms with van der Waals surface area (Å²) in [6.45, 7) is 6.98. The Balaban J connectivity index is 2.36. The third-order valence-electron chi connectivity index (χ3n) is 4.42. The average Bonchev–Trinajstić information content (AvgIpc) is 2.65. The van der Waals surface area contributed by atoms with E-state index in [0.29, 0.717) is 11.4 Å². The number of carbonyl (C=O) groups excluding carboxylic acids is 2. The molecule has 0 heterocycles. The van der Waals surface area contributed by atoms with Crippen LogP contribution in [0.15, 0.2) is 36.4 Å². The summed E-state index contributed by atoms with van der Waals surface area (Å²) in [4.78, 5) is 24.9. The number of ether oxygens (including phenoxy) is 1. The molecule has 2 aromatic rings. The highest BCUT2D eigenvalue weighted by atomic mass is 35.5. The number of esters is 1. The van der Waals surface area contributed by atoms with Gasteiger partial charge >= 0.3 is 5.97 Å². The Morgan fingerprint density at radius 3 is 2.43 bits per heavy atom. The largest absolute Gasteiger partial charge is 0.462 e. The maximum atomic E-state index is 12.9. The number of sulfonamides is 1. The highest BCUT2D eigenvalue weighted by Crippen LogP contribution is 2.27. The minimum atomic E-state index is -3.75. The van der Waals surface area contributed by atoms with Crippen LogP contribution in [-0.2, 0) is 19.6 Å². The Morgan fingerprint density at radius 1 is 1.17 bits per heavy atom. The number of nitrogens with zero attached hydrogens (tertiary/aromatic N) is 1. The monoisotopic (exact) mass is 452 g/mol. The van der Waals surface area contributed by atoms with Crippen molar-refractivity contribution in [2.45, 2.75) is 33.7 Å². The summed E-state index contributed by atoms with van der Waals surface area (Å²) in [7, 11) is -3.75. The molecular formula is C21H25ClN2O5S. The molecule has 2 rings (SSSR count).